The fraction of sp³-hybridized carbons (Fsp3) is 0.0769. The van der Waals surface area contributed by atoms with E-state index in [4.69, 9.17) is 5.73 Å². The van der Waals surface area contributed by atoms with Crippen molar-refractivity contribution in [2.75, 3.05) is 5.73 Å². The van der Waals surface area contributed by atoms with Gasteiger partial charge in [-0.25, -0.2) is 0 Å². The molecule has 0 spiro atoms. The Morgan fingerprint density at radius 1 is 1.17 bits per heavy atom. The average molecular weight is 370 g/mol. The van der Waals surface area contributed by atoms with Gasteiger partial charge in [-0.05, 0) is 46.3 Å². The van der Waals surface area contributed by atoms with Gasteiger partial charge in [-0.3, -0.25) is 9.78 Å². The molecular weight excluding hydrogens is 360 g/mol. The number of nitrogens with zero attached hydrogens (tertiary/aromatic N) is 1. The van der Waals surface area contributed by atoms with Crippen molar-refractivity contribution in [3.8, 4) is 0 Å². The maximum absolute atomic E-state index is 12.1. The highest BCUT2D eigenvalue weighted by molar-refractivity contribution is 9.10. The van der Waals surface area contributed by atoms with Crippen LogP contribution in [0.4, 0.5) is 5.69 Å². The maximum Gasteiger partial charge on any atom is 0.170 e. The molecule has 0 atom stereocenters. The van der Waals surface area contributed by atoms with Gasteiger partial charge in [0.2, 0.25) is 0 Å². The van der Waals surface area contributed by atoms with E-state index in [1.54, 1.807) is 24.4 Å². The third-order valence-corrected chi connectivity index (χ3v) is 3.41. The minimum atomic E-state index is -0.0326. The van der Waals surface area contributed by atoms with Crippen LogP contribution >= 0.6 is 31.9 Å². The molecule has 5 heteroatoms. The molecule has 0 aliphatic heterocycles. The summed E-state index contributed by atoms with van der Waals surface area (Å²) in [5, 5.41) is 0. The van der Waals surface area contributed by atoms with E-state index in [9.17, 15) is 4.79 Å². The Bertz CT molecular complexity index is 582. The third-order valence-electron chi connectivity index (χ3n) is 2.44. The number of carbonyl (C=O) groups is 1. The number of nitrogens with two attached hydrogens (primary N) is 1. The first-order chi connectivity index (χ1) is 8.56. The van der Waals surface area contributed by atoms with E-state index in [0.717, 1.165) is 14.6 Å². The molecule has 0 saturated heterocycles. The summed E-state index contributed by atoms with van der Waals surface area (Å²) in [6.07, 6.45) is 1.92. The van der Waals surface area contributed by atoms with Crippen molar-refractivity contribution in [1.82, 2.24) is 4.98 Å². The molecule has 0 aliphatic carbocycles. The van der Waals surface area contributed by atoms with Gasteiger partial charge < -0.3 is 5.73 Å². The number of aromatic nitrogens is 1. The fourth-order valence-corrected chi connectivity index (χ4v) is 2.17. The highest BCUT2D eigenvalue weighted by Gasteiger charge is 2.11. The fourth-order valence-electron chi connectivity index (χ4n) is 1.56. The Balaban J connectivity index is 2.19. The second-order valence-corrected chi connectivity index (χ2v) is 5.63. The number of hydrogen-bond donors (Lipinski definition) is 1. The summed E-state index contributed by atoms with van der Waals surface area (Å²) < 4.78 is 1.75. The molecule has 1 aromatic heterocycles. The number of pyridine rings is 1. The Kier molecular flexibility index (Phi) is 4.14. The molecule has 2 N–H and O–H groups in total. The molecule has 0 amide bonds. The normalized spacial score (nSPS) is 10.3. The first kappa shape index (κ1) is 13.2. The van der Waals surface area contributed by atoms with Gasteiger partial charge in [-0.15, -0.1) is 0 Å². The van der Waals surface area contributed by atoms with Crippen molar-refractivity contribution >= 4 is 43.3 Å². The minimum absolute atomic E-state index is 0.0326. The lowest BCUT2D eigenvalue weighted by atomic mass is 10.0. The van der Waals surface area contributed by atoms with Crippen LogP contribution in [0.5, 0.6) is 0 Å². The van der Waals surface area contributed by atoms with E-state index in [1.807, 2.05) is 12.1 Å². The van der Waals surface area contributed by atoms with Gasteiger partial charge in [0.1, 0.15) is 0 Å². The van der Waals surface area contributed by atoms with Crippen LogP contribution in [0.2, 0.25) is 0 Å². The molecule has 18 heavy (non-hydrogen) atoms. The molecular formula is C13H10Br2N2O. The minimum Gasteiger partial charge on any atom is -0.398 e. The number of hydrogen-bond acceptors (Lipinski definition) is 3. The zero-order valence-electron chi connectivity index (χ0n) is 9.36. The smallest absolute Gasteiger partial charge is 0.170 e. The lowest BCUT2D eigenvalue weighted by Crippen LogP contribution is -2.08. The van der Waals surface area contributed by atoms with Gasteiger partial charge in [-0.1, -0.05) is 15.9 Å². The SMILES string of the molecule is Nc1cc(Br)ccc1C(=O)Cc1ccc(Br)cn1. The number of anilines is 1. The monoisotopic (exact) mass is 368 g/mol. The van der Waals surface area contributed by atoms with Gasteiger partial charge in [0.15, 0.2) is 5.78 Å². The molecule has 1 aromatic carbocycles. The first-order valence-electron chi connectivity index (χ1n) is 5.25. The summed E-state index contributed by atoms with van der Waals surface area (Å²) in [5.74, 6) is -0.0326. The standard InChI is InChI=1S/C13H10Br2N2O/c14-8-2-4-11(12(16)5-8)13(18)6-10-3-1-9(15)7-17-10/h1-5,7H,6,16H2. The molecule has 0 radical (unpaired) electrons. The second-order valence-electron chi connectivity index (χ2n) is 3.80. The molecule has 1 heterocycles. The second kappa shape index (κ2) is 5.63. The number of carbonyl (C=O) groups excluding carboxylic acids is 1. The van der Waals surface area contributed by atoms with E-state index < -0.39 is 0 Å². The number of rotatable bonds is 3. The molecule has 0 saturated carbocycles. The van der Waals surface area contributed by atoms with Crippen LogP contribution in [0.1, 0.15) is 16.1 Å². The highest BCUT2D eigenvalue weighted by atomic mass is 79.9. The summed E-state index contributed by atoms with van der Waals surface area (Å²) in [7, 11) is 0. The summed E-state index contributed by atoms with van der Waals surface area (Å²) in [4.78, 5) is 16.3. The lowest BCUT2D eigenvalue weighted by molar-refractivity contribution is 0.0993. The van der Waals surface area contributed by atoms with Crippen molar-refractivity contribution in [1.29, 1.82) is 0 Å². The molecule has 0 fully saturated rings. The number of Topliss-reactive ketones (excluding diaryl/α,β-unsaturated/α-hetero) is 1. The van der Waals surface area contributed by atoms with Crippen LogP contribution in [-0.2, 0) is 6.42 Å². The van der Waals surface area contributed by atoms with Crippen molar-refractivity contribution in [2.24, 2.45) is 0 Å². The van der Waals surface area contributed by atoms with Crippen LogP contribution < -0.4 is 5.73 Å². The van der Waals surface area contributed by atoms with Crippen molar-refractivity contribution in [2.45, 2.75) is 6.42 Å². The maximum atomic E-state index is 12.1. The Labute approximate surface area is 122 Å². The average Bonchev–Trinajstić information content (AvgIpc) is 2.32. The number of nitrogen functional groups attached to an aromatic ring is 1. The van der Waals surface area contributed by atoms with Crippen LogP contribution in [0.15, 0.2) is 45.5 Å². The van der Waals surface area contributed by atoms with Crippen molar-refractivity contribution < 1.29 is 4.79 Å². The number of ketones is 1. The first-order valence-corrected chi connectivity index (χ1v) is 6.83. The predicted octanol–water partition coefficient (Wildman–Crippen LogP) is 3.61. The van der Waals surface area contributed by atoms with Gasteiger partial charge in [0, 0.05) is 32.1 Å². The van der Waals surface area contributed by atoms with E-state index in [1.165, 1.54) is 0 Å². The summed E-state index contributed by atoms with van der Waals surface area (Å²) in [6, 6.07) is 8.93. The summed E-state index contributed by atoms with van der Waals surface area (Å²) in [6.45, 7) is 0. The third kappa shape index (κ3) is 3.17. The van der Waals surface area contributed by atoms with E-state index in [0.29, 0.717) is 11.3 Å². The molecule has 92 valence electrons. The van der Waals surface area contributed by atoms with Gasteiger partial charge in [0.05, 0.1) is 6.42 Å². The van der Waals surface area contributed by atoms with E-state index >= 15 is 0 Å². The van der Waals surface area contributed by atoms with Crippen LogP contribution in [0.25, 0.3) is 0 Å². The lowest BCUT2D eigenvalue weighted by Gasteiger charge is -2.05. The Hall–Kier alpha value is -1.20. The zero-order chi connectivity index (χ0) is 13.1. The van der Waals surface area contributed by atoms with Crippen molar-refractivity contribution in [3.63, 3.8) is 0 Å². The van der Waals surface area contributed by atoms with Crippen LogP contribution in [-0.4, -0.2) is 10.8 Å². The summed E-state index contributed by atoms with van der Waals surface area (Å²) >= 11 is 6.61. The molecule has 0 bridgehead atoms. The van der Waals surface area contributed by atoms with Gasteiger partial charge in [-0.2, -0.15) is 0 Å². The molecule has 0 aliphatic rings. The van der Waals surface area contributed by atoms with Gasteiger partial charge in [0.25, 0.3) is 0 Å². The molecule has 2 rings (SSSR count). The molecule has 3 nitrogen and oxygen atoms in total. The Morgan fingerprint density at radius 3 is 2.50 bits per heavy atom. The highest BCUT2D eigenvalue weighted by Crippen LogP contribution is 2.20. The van der Waals surface area contributed by atoms with E-state index in [2.05, 4.69) is 36.8 Å². The number of halogens is 2. The van der Waals surface area contributed by atoms with Crippen molar-refractivity contribution in [3.05, 3.63) is 56.7 Å². The van der Waals surface area contributed by atoms with Crippen LogP contribution in [0.3, 0.4) is 0 Å². The molecule has 2 aromatic rings. The number of benzene rings is 1. The van der Waals surface area contributed by atoms with E-state index in [-0.39, 0.29) is 12.2 Å². The topological polar surface area (TPSA) is 56.0 Å². The summed E-state index contributed by atoms with van der Waals surface area (Å²) in [5.41, 5.74) is 7.56. The van der Waals surface area contributed by atoms with Gasteiger partial charge >= 0.3 is 0 Å². The zero-order valence-corrected chi connectivity index (χ0v) is 12.5. The molecule has 0 unspecified atom stereocenters. The largest absolute Gasteiger partial charge is 0.398 e. The predicted molar refractivity (Wildman–Crippen MR) is 78.5 cm³/mol. The quantitative estimate of drug-likeness (QED) is 0.664. The van der Waals surface area contributed by atoms with Crippen LogP contribution in [0, 0.1) is 0 Å². The Morgan fingerprint density at radius 2 is 1.89 bits per heavy atom.